The van der Waals surface area contributed by atoms with Gasteiger partial charge in [0.25, 0.3) is 0 Å². The van der Waals surface area contributed by atoms with Crippen LogP contribution in [0.4, 0.5) is 13.2 Å². The van der Waals surface area contributed by atoms with E-state index < -0.39 is 6.36 Å². The fourth-order valence-electron chi connectivity index (χ4n) is 3.52. The summed E-state index contributed by atoms with van der Waals surface area (Å²) in [6, 6.07) is 18.7. The lowest BCUT2D eigenvalue weighted by atomic mass is 10.1. The summed E-state index contributed by atoms with van der Waals surface area (Å²) in [5, 5.41) is 5.42. The molecule has 0 spiro atoms. The molecule has 3 aromatic heterocycles. The summed E-state index contributed by atoms with van der Waals surface area (Å²) < 4.78 is 43.7. The zero-order valence-corrected chi connectivity index (χ0v) is 15.9. The van der Waals surface area contributed by atoms with Gasteiger partial charge in [-0.05, 0) is 52.9 Å². The molecule has 0 unspecified atom stereocenters. The average Bonchev–Trinajstić information content (AvgIpc) is 3.28. The lowest BCUT2D eigenvalue weighted by Crippen LogP contribution is -2.21. The van der Waals surface area contributed by atoms with Crippen LogP contribution in [0.15, 0.2) is 77.7 Å². The van der Waals surface area contributed by atoms with E-state index in [9.17, 15) is 18.0 Å². The number of fused-ring (bicyclic) bond motifs is 2. The number of rotatable bonds is 4. The second-order valence-corrected chi connectivity index (χ2v) is 7.04. The first-order valence-corrected chi connectivity index (χ1v) is 9.38. The number of pyridine rings is 1. The maximum absolute atomic E-state index is 12.8. The number of para-hydroxylation sites is 1. The molecule has 0 saturated carbocycles. The molecule has 2 aromatic carbocycles. The number of aromatic amines is 1. The minimum Gasteiger partial charge on any atom is -0.406 e. The lowest BCUT2D eigenvalue weighted by molar-refractivity contribution is -0.274. The van der Waals surface area contributed by atoms with Crippen LogP contribution in [0.1, 0.15) is 5.69 Å². The molecule has 0 atom stereocenters. The Hall–Kier alpha value is -4.01. The van der Waals surface area contributed by atoms with Crippen molar-refractivity contribution in [1.29, 1.82) is 0 Å². The maximum atomic E-state index is 12.8. The van der Waals surface area contributed by atoms with Crippen molar-refractivity contribution in [1.82, 2.24) is 19.2 Å². The average molecular weight is 424 g/mol. The minimum absolute atomic E-state index is 0.286. The minimum atomic E-state index is -4.74. The van der Waals surface area contributed by atoms with Crippen molar-refractivity contribution in [3.05, 3.63) is 89.1 Å². The second kappa shape index (κ2) is 7.05. The van der Waals surface area contributed by atoms with E-state index in [1.807, 2.05) is 30.3 Å². The third-order valence-corrected chi connectivity index (χ3v) is 4.90. The van der Waals surface area contributed by atoms with Crippen LogP contribution >= 0.6 is 0 Å². The molecule has 0 fully saturated rings. The summed E-state index contributed by atoms with van der Waals surface area (Å²) in [6.45, 7) is 0.286. The first-order valence-electron chi connectivity index (χ1n) is 9.38. The Bertz CT molecular complexity index is 1410. The van der Waals surface area contributed by atoms with E-state index >= 15 is 0 Å². The Labute approximate surface area is 173 Å². The number of halogens is 3. The largest absolute Gasteiger partial charge is 0.573 e. The lowest BCUT2D eigenvalue weighted by Gasteiger charge is -2.09. The van der Waals surface area contributed by atoms with Crippen molar-refractivity contribution in [3.8, 4) is 16.9 Å². The molecule has 5 rings (SSSR count). The zero-order chi connectivity index (χ0) is 21.6. The van der Waals surface area contributed by atoms with Crippen LogP contribution in [0.25, 0.3) is 27.7 Å². The zero-order valence-electron chi connectivity index (χ0n) is 15.9. The molecule has 5 aromatic rings. The van der Waals surface area contributed by atoms with Gasteiger partial charge in [-0.25, -0.2) is 13.9 Å². The molecule has 0 aliphatic carbocycles. The fraction of sp³-hybridized carbons (Fsp3) is 0.0909. The number of alkyl halides is 3. The molecule has 3 heterocycles. The highest BCUT2D eigenvalue weighted by Gasteiger charge is 2.30. The maximum Gasteiger partial charge on any atom is 0.573 e. The topological polar surface area (TPSA) is 64.3 Å². The normalized spacial score (nSPS) is 12.0. The third kappa shape index (κ3) is 3.77. The number of H-pyrrole nitrogens is 1. The van der Waals surface area contributed by atoms with Gasteiger partial charge in [0.1, 0.15) is 5.75 Å². The molecule has 0 aliphatic rings. The standard InChI is InChI=1S/C22H15F3N4O2/c23-22(24,25)31-18-8-5-14(6-9-18)16-7-10-20-27-29(21(30)28(20)12-16)13-17-11-15-3-1-2-4-19(15)26-17/h1-12,26H,13H2. The molecular formula is C22H15F3N4O2. The number of hydrogen-bond donors (Lipinski definition) is 1. The SMILES string of the molecule is O=c1n(Cc2cc3ccccc3[nH]2)nc2ccc(-c3ccc(OC(F)(F)F)cc3)cn12. The molecule has 0 saturated heterocycles. The monoisotopic (exact) mass is 424 g/mol. The Kier molecular flexibility index (Phi) is 4.32. The predicted molar refractivity (Wildman–Crippen MR) is 109 cm³/mol. The van der Waals surface area contributed by atoms with Crippen molar-refractivity contribution in [2.24, 2.45) is 0 Å². The van der Waals surface area contributed by atoms with E-state index in [2.05, 4.69) is 14.8 Å². The van der Waals surface area contributed by atoms with Crippen LogP contribution in [-0.2, 0) is 6.54 Å². The number of benzene rings is 2. The Morgan fingerprint density at radius 2 is 1.71 bits per heavy atom. The van der Waals surface area contributed by atoms with Crippen molar-refractivity contribution < 1.29 is 17.9 Å². The number of aromatic nitrogens is 4. The molecule has 0 aliphatic heterocycles. The molecule has 0 bridgehead atoms. The van der Waals surface area contributed by atoms with Crippen LogP contribution in [0.2, 0.25) is 0 Å². The number of ether oxygens (including phenoxy) is 1. The number of nitrogens with one attached hydrogen (secondary N) is 1. The van der Waals surface area contributed by atoms with E-state index in [1.165, 1.54) is 33.3 Å². The van der Waals surface area contributed by atoms with Crippen LogP contribution in [0.5, 0.6) is 5.75 Å². The highest BCUT2D eigenvalue weighted by Crippen LogP contribution is 2.26. The van der Waals surface area contributed by atoms with Gasteiger partial charge in [-0.15, -0.1) is 18.3 Å². The Morgan fingerprint density at radius 3 is 2.45 bits per heavy atom. The van der Waals surface area contributed by atoms with Crippen LogP contribution in [0, 0.1) is 0 Å². The van der Waals surface area contributed by atoms with Crippen LogP contribution in [-0.4, -0.2) is 25.5 Å². The summed E-state index contributed by atoms with van der Waals surface area (Å²) in [5.41, 5.74) is 3.31. The van der Waals surface area contributed by atoms with Gasteiger partial charge in [0, 0.05) is 17.4 Å². The van der Waals surface area contributed by atoms with Gasteiger partial charge in [0.15, 0.2) is 5.65 Å². The van der Waals surface area contributed by atoms with Crippen LogP contribution in [0.3, 0.4) is 0 Å². The molecule has 1 N–H and O–H groups in total. The molecular weight excluding hydrogens is 409 g/mol. The molecule has 0 radical (unpaired) electrons. The van der Waals surface area contributed by atoms with Gasteiger partial charge < -0.3 is 9.72 Å². The summed E-state index contributed by atoms with van der Waals surface area (Å²) in [7, 11) is 0. The van der Waals surface area contributed by atoms with Gasteiger partial charge >= 0.3 is 12.1 Å². The third-order valence-electron chi connectivity index (χ3n) is 4.90. The fourth-order valence-corrected chi connectivity index (χ4v) is 3.52. The summed E-state index contributed by atoms with van der Waals surface area (Å²) in [5.74, 6) is -0.305. The van der Waals surface area contributed by atoms with E-state index in [4.69, 9.17) is 0 Å². The van der Waals surface area contributed by atoms with Crippen molar-refractivity contribution in [3.63, 3.8) is 0 Å². The quantitative estimate of drug-likeness (QED) is 0.459. The van der Waals surface area contributed by atoms with Crippen molar-refractivity contribution in [2.75, 3.05) is 0 Å². The van der Waals surface area contributed by atoms with E-state index in [0.717, 1.165) is 16.6 Å². The second-order valence-electron chi connectivity index (χ2n) is 7.04. The number of hydrogen-bond acceptors (Lipinski definition) is 3. The summed E-state index contributed by atoms with van der Waals surface area (Å²) >= 11 is 0. The van der Waals surface area contributed by atoms with E-state index in [0.29, 0.717) is 16.8 Å². The van der Waals surface area contributed by atoms with Crippen molar-refractivity contribution in [2.45, 2.75) is 12.9 Å². The van der Waals surface area contributed by atoms with Gasteiger partial charge in [-0.1, -0.05) is 30.3 Å². The van der Waals surface area contributed by atoms with Gasteiger partial charge in [0.05, 0.1) is 6.54 Å². The van der Waals surface area contributed by atoms with Gasteiger partial charge in [-0.2, -0.15) is 0 Å². The Balaban J connectivity index is 1.45. The molecule has 31 heavy (non-hydrogen) atoms. The molecule has 156 valence electrons. The molecule has 0 amide bonds. The first-order chi connectivity index (χ1) is 14.9. The smallest absolute Gasteiger partial charge is 0.406 e. The van der Waals surface area contributed by atoms with E-state index in [1.54, 1.807) is 18.3 Å². The Morgan fingerprint density at radius 1 is 0.968 bits per heavy atom. The van der Waals surface area contributed by atoms with E-state index in [-0.39, 0.29) is 18.0 Å². The van der Waals surface area contributed by atoms with Gasteiger partial charge in [0.2, 0.25) is 0 Å². The molecule has 9 heteroatoms. The highest BCUT2D eigenvalue weighted by molar-refractivity contribution is 5.80. The highest BCUT2D eigenvalue weighted by atomic mass is 19.4. The van der Waals surface area contributed by atoms with Gasteiger partial charge in [-0.3, -0.25) is 0 Å². The van der Waals surface area contributed by atoms with Crippen LogP contribution < -0.4 is 10.4 Å². The number of nitrogens with zero attached hydrogens (tertiary/aromatic N) is 3. The first kappa shape index (κ1) is 19.0. The predicted octanol–water partition coefficient (Wildman–Crippen LogP) is 4.59. The summed E-state index contributed by atoms with van der Waals surface area (Å²) in [6.07, 6.45) is -3.13. The molecule has 6 nitrogen and oxygen atoms in total. The summed E-state index contributed by atoms with van der Waals surface area (Å²) in [4.78, 5) is 16.1. The van der Waals surface area contributed by atoms with Crippen molar-refractivity contribution >= 4 is 16.6 Å².